The number of rotatable bonds is 2. The van der Waals surface area contributed by atoms with Crippen LogP contribution in [0.3, 0.4) is 0 Å². The Bertz CT molecular complexity index is 565. The molecule has 94 valence electrons. The van der Waals surface area contributed by atoms with Crippen molar-refractivity contribution >= 4 is 0 Å². The maximum absolute atomic E-state index is 9.86. The van der Waals surface area contributed by atoms with E-state index in [0.29, 0.717) is 5.82 Å². The summed E-state index contributed by atoms with van der Waals surface area (Å²) in [6.07, 6.45) is 2.03. The third-order valence-corrected chi connectivity index (χ3v) is 3.17. The van der Waals surface area contributed by atoms with Crippen molar-refractivity contribution < 1.29 is 9.84 Å². The summed E-state index contributed by atoms with van der Waals surface area (Å²) in [5.41, 5.74) is 0.906. The molecule has 1 unspecified atom stereocenters. The Morgan fingerprint density at radius 3 is 3.11 bits per heavy atom. The third-order valence-electron chi connectivity index (χ3n) is 3.17. The lowest BCUT2D eigenvalue weighted by Crippen LogP contribution is -2.18. The lowest BCUT2D eigenvalue weighted by atomic mass is 10.1. The summed E-state index contributed by atoms with van der Waals surface area (Å²) in [7, 11) is 1.63. The highest BCUT2D eigenvalue weighted by Gasteiger charge is 2.21. The second kappa shape index (κ2) is 4.42. The van der Waals surface area contributed by atoms with Gasteiger partial charge in [0.2, 0.25) is 0 Å². The average Bonchev–Trinajstić information content (AvgIpc) is 2.84. The summed E-state index contributed by atoms with van der Waals surface area (Å²) in [5, 5.41) is 14.2. The minimum Gasteiger partial charge on any atom is -0.497 e. The van der Waals surface area contributed by atoms with Crippen LogP contribution >= 0.6 is 0 Å². The second-order valence-electron chi connectivity index (χ2n) is 4.40. The Kier molecular flexibility index (Phi) is 2.76. The number of hydrogen-bond donors (Lipinski definition) is 1. The monoisotopic (exact) mass is 245 g/mol. The molecular formula is C13H15N3O2. The zero-order valence-electron chi connectivity index (χ0n) is 10.2. The molecule has 3 rings (SSSR count). The highest BCUT2D eigenvalue weighted by atomic mass is 16.5. The van der Waals surface area contributed by atoms with Crippen molar-refractivity contribution in [3.05, 3.63) is 30.1 Å². The molecule has 0 saturated heterocycles. The molecule has 0 spiro atoms. The van der Waals surface area contributed by atoms with Gasteiger partial charge in [0.05, 0.1) is 7.11 Å². The highest BCUT2D eigenvalue weighted by Crippen LogP contribution is 2.26. The van der Waals surface area contributed by atoms with E-state index in [1.807, 2.05) is 24.3 Å². The Morgan fingerprint density at radius 2 is 2.33 bits per heavy atom. The lowest BCUT2D eigenvalue weighted by Gasteiger charge is -2.17. The molecule has 5 heteroatoms. The van der Waals surface area contributed by atoms with E-state index in [1.165, 1.54) is 0 Å². The van der Waals surface area contributed by atoms with Gasteiger partial charge in [-0.25, -0.2) is 9.67 Å². The Hall–Kier alpha value is -1.88. The molecule has 18 heavy (non-hydrogen) atoms. The number of nitrogens with zero attached hydrogens (tertiary/aromatic N) is 3. The van der Waals surface area contributed by atoms with E-state index in [2.05, 4.69) is 10.1 Å². The van der Waals surface area contributed by atoms with Gasteiger partial charge in [-0.2, -0.15) is 0 Å². The summed E-state index contributed by atoms with van der Waals surface area (Å²) in [6.45, 7) is 0. The van der Waals surface area contributed by atoms with Crippen molar-refractivity contribution in [1.29, 1.82) is 0 Å². The van der Waals surface area contributed by atoms with Crippen LogP contribution in [0.4, 0.5) is 0 Å². The first kappa shape index (κ1) is 11.2. The summed E-state index contributed by atoms with van der Waals surface area (Å²) in [6, 6.07) is 7.63. The van der Waals surface area contributed by atoms with E-state index in [1.54, 1.807) is 11.8 Å². The standard InChI is InChI=1S/C13H15N3O2/c1-18-10-5-2-4-9(8-10)13-14-11-6-3-7-12(17)16(11)15-13/h2,4-5,8,12,17H,3,6-7H2,1H3. The van der Waals surface area contributed by atoms with Crippen LogP contribution < -0.4 is 4.74 Å². The number of ether oxygens (including phenoxy) is 1. The minimum absolute atomic E-state index is 0.541. The SMILES string of the molecule is COc1cccc(-c2nc3n(n2)C(O)CCC3)c1. The van der Waals surface area contributed by atoms with Crippen LogP contribution in [0.25, 0.3) is 11.4 Å². The number of aryl methyl sites for hydroxylation is 1. The van der Waals surface area contributed by atoms with Crippen LogP contribution in [0, 0.1) is 0 Å². The fourth-order valence-electron chi connectivity index (χ4n) is 2.21. The number of benzene rings is 1. The van der Waals surface area contributed by atoms with Gasteiger partial charge in [-0.3, -0.25) is 0 Å². The van der Waals surface area contributed by atoms with Gasteiger partial charge in [0.25, 0.3) is 0 Å². The quantitative estimate of drug-likeness (QED) is 0.876. The van der Waals surface area contributed by atoms with Gasteiger partial charge in [0.1, 0.15) is 17.8 Å². The normalized spacial score (nSPS) is 18.4. The summed E-state index contributed by atoms with van der Waals surface area (Å²) >= 11 is 0. The Labute approximate surface area is 105 Å². The van der Waals surface area contributed by atoms with Crippen LogP contribution in [0.1, 0.15) is 24.9 Å². The molecule has 1 N–H and O–H groups in total. The molecule has 1 aliphatic heterocycles. The van der Waals surface area contributed by atoms with E-state index in [4.69, 9.17) is 4.74 Å². The third kappa shape index (κ3) is 1.86. The van der Waals surface area contributed by atoms with E-state index in [9.17, 15) is 5.11 Å². The molecule has 0 fully saturated rings. The fourth-order valence-corrected chi connectivity index (χ4v) is 2.21. The van der Waals surface area contributed by atoms with E-state index in [-0.39, 0.29) is 0 Å². The van der Waals surface area contributed by atoms with Crippen molar-refractivity contribution in [3.8, 4) is 17.1 Å². The molecular weight excluding hydrogens is 230 g/mol. The van der Waals surface area contributed by atoms with Gasteiger partial charge < -0.3 is 9.84 Å². The molecule has 1 atom stereocenters. The van der Waals surface area contributed by atoms with Gasteiger partial charge in [0.15, 0.2) is 5.82 Å². The average molecular weight is 245 g/mol. The number of aliphatic hydroxyl groups excluding tert-OH is 1. The van der Waals surface area contributed by atoms with Gasteiger partial charge >= 0.3 is 0 Å². The number of hydrogen-bond acceptors (Lipinski definition) is 4. The minimum atomic E-state index is -0.541. The molecule has 0 bridgehead atoms. The van der Waals surface area contributed by atoms with Crippen LogP contribution in [0.15, 0.2) is 24.3 Å². The Balaban J connectivity index is 2.01. The molecule has 0 saturated carbocycles. The first-order valence-electron chi connectivity index (χ1n) is 6.06. The topological polar surface area (TPSA) is 60.2 Å². The predicted octanol–water partition coefficient (Wildman–Crippen LogP) is 1.78. The summed E-state index contributed by atoms with van der Waals surface area (Å²) in [4.78, 5) is 4.48. The Morgan fingerprint density at radius 1 is 1.44 bits per heavy atom. The zero-order chi connectivity index (χ0) is 12.5. The lowest BCUT2D eigenvalue weighted by molar-refractivity contribution is 0.0648. The predicted molar refractivity (Wildman–Crippen MR) is 66.2 cm³/mol. The maximum atomic E-state index is 9.86. The smallest absolute Gasteiger partial charge is 0.181 e. The van der Waals surface area contributed by atoms with E-state index in [0.717, 1.165) is 36.4 Å². The second-order valence-corrected chi connectivity index (χ2v) is 4.40. The van der Waals surface area contributed by atoms with Crippen molar-refractivity contribution in [2.45, 2.75) is 25.5 Å². The number of aliphatic hydroxyl groups is 1. The molecule has 2 heterocycles. The molecule has 5 nitrogen and oxygen atoms in total. The number of methoxy groups -OCH3 is 1. The molecule has 0 amide bonds. The van der Waals surface area contributed by atoms with Crippen LogP contribution in [0.5, 0.6) is 5.75 Å². The summed E-state index contributed by atoms with van der Waals surface area (Å²) < 4.78 is 6.81. The first-order valence-corrected chi connectivity index (χ1v) is 6.06. The molecule has 2 aromatic rings. The van der Waals surface area contributed by atoms with Crippen LogP contribution in [0.2, 0.25) is 0 Å². The van der Waals surface area contributed by atoms with Crippen molar-refractivity contribution in [2.24, 2.45) is 0 Å². The van der Waals surface area contributed by atoms with E-state index >= 15 is 0 Å². The maximum Gasteiger partial charge on any atom is 0.181 e. The molecule has 0 radical (unpaired) electrons. The highest BCUT2D eigenvalue weighted by molar-refractivity contribution is 5.57. The molecule has 1 aliphatic rings. The largest absolute Gasteiger partial charge is 0.497 e. The summed E-state index contributed by atoms with van der Waals surface area (Å²) in [5.74, 6) is 2.28. The molecule has 1 aromatic heterocycles. The van der Waals surface area contributed by atoms with Gasteiger partial charge in [-0.15, -0.1) is 5.10 Å². The van der Waals surface area contributed by atoms with Gasteiger partial charge in [0, 0.05) is 12.0 Å². The van der Waals surface area contributed by atoms with Crippen molar-refractivity contribution in [2.75, 3.05) is 7.11 Å². The van der Waals surface area contributed by atoms with Gasteiger partial charge in [-0.1, -0.05) is 12.1 Å². The number of fused-ring (bicyclic) bond motifs is 1. The first-order chi connectivity index (χ1) is 8.78. The van der Waals surface area contributed by atoms with Crippen LogP contribution in [-0.2, 0) is 6.42 Å². The zero-order valence-corrected chi connectivity index (χ0v) is 10.2. The molecule has 0 aliphatic carbocycles. The van der Waals surface area contributed by atoms with Gasteiger partial charge in [-0.05, 0) is 25.0 Å². The van der Waals surface area contributed by atoms with Crippen molar-refractivity contribution in [1.82, 2.24) is 14.8 Å². The van der Waals surface area contributed by atoms with E-state index < -0.39 is 6.23 Å². The van der Waals surface area contributed by atoms with Crippen molar-refractivity contribution in [3.63, 3.8) is 0 Å². The fraction of sp³-hybridized carbons (Fsp3) is 0.385. The van der Waals surface area contributed by atoms with Crippen LogP contribution in [-0.4, -0.2) is 27.0 Å². The number of aromatic nitrogens is 3. The molecule has 1 aromatic carbocycles.